The van der Waals surface area contributed by atoms with Crippen LogP contribution < -0.4 is 61.6 Å². The van der Waals surface area contributed by atoms with E-state index < -0.39 is 12.4 Å². The van der Waals surface area contributed by atoms with Crippen molar-refractivity contribution in [3.05, 3.63) is 18.5 Å². The molecular formula is C11H14BF3KNO2. The fourth-order valence-corrected chi connectivity index (χ4v) is 1.82. The molecule has 0 amide bonds. The molecule has 0 aliphatic carbocycles. The van der Waals surface area contributed by atoms with Gasteiger partial charge in [-0.25, -0.2) is 0 Å². The van der Waals surface area contributed by atoms with Crippen molar-refractivity contribution in [2.45, 2.75) is 12.8 Å². The molecule has 0 aromatic carbocycles. The third kappa shape index (κ3) is 5.73. The van der Waals surface area contributed by atoms with E-state index in [1.165, 1.54) is 6.20 Å². The van der Waals surface area contributed by atoms with Crippen LogP contribution in [0.4, 0.5) is 12.9 Å². The number of hydrogen-bond donors (Lipinski definition) is 0. The fraction of sp³-hybridized carbons (Fsp3) is 0.545. The summed E-state index contributed by atoms with van der Waals surface area (Å²) in [6, 6.07) is 1.01. The van der Waals surface area contributed by atoms with Crippen LogP contribution in [0.2, 0.25) is 0 Å². The van der Waals surface area contributed by atoms with Crippen LogP contribution in [0, 0.1) is 5.92 Å². The van der Waals surface area contributed by atoms with Crippen molar-refractivity contribution in [2.75, 3.05) is 19.8 Å². The van der Waals surface area contributed by atoms with E-state index >= 15 is 0 Å². The second-order valence-corrected chi connectivity index (χ2v) is 4.40. The standard InChI is InChI=1S/C11H14BF3NO2.K/c13-12(14,15)10-5-11(7-16-6-10)18-8-9-1-3-17-4-2-9;/h5-7,9H,1-4,8H2;/q-1;+1. The molecule has 0 radical (unpaired) electrons. The van der Waals surface area contributed by atoms with Gasteiger partial charge in [0.15, 0.2) is 0 Å². The first-order valence-corrected chi connectivity index (χ1v) is 5.91. The molecule has 2 heterocycles. The molecule has 0 bridgehead atoms. The maximum atomic E-state index is 12.5. The molecule has 0 atom stereocenters. The molecule has 0 saturated carbocycles. The van der Waals surface area contributed by atoms with Gasteiger partial charge in [0.2, 0.25) is 0 Å². The molecular weight excluding hydrogens is 285 g/mol. The summed E-state index contributed by atoms with van der Waals surface area (Å²) in [6.45, 7) is -3.22. The van der Waals surface area contributed by atoms with Crippen LogP contribution in [-0.2, 0) is 4.74 Å². The van der Waals surface area contributed by atoms with Gasteiger partial charge in [0, 0.05) is 19.4 Å². The SMILES string of the molecule is F[B-](F)(F)c1cncc(OCC2CCOCC2)c1.[K+]. The summed E-state index contributed by atoms with van der Waals surface area (Å²) in [4.78, 5) is 3.56. The maximum absolute atomic E-state index is 12.5. The van der Waals surface area contributed by atoms with E-state index in [9.17, 15) is 12.9 Å². The van der Waals surface area contributed by atoms with Crippen LogP contribution in [-0.4, -0.2) is 31.8 Å². The van der Waals surface area contributed by atoms with Gasteiger partial charge < -0.3 is 22.4 Å². The van der Waals surface area contributed by atoms with Gasteiger partial charge in [-0.3, -0.25) is 4.98 Å². The van der Waals surface area contributed by atoms with E-state index in [2.05, 4.69) is 4.98 Å². The minimum Gasteiger partial charge on any atom is -0.492 e. The average molecular weight is 299 g/mol. The molecule has 19 heavy (non-hydrogen) atoms. The molecule has 0 spiro atoms. The normalized spacial score (nSPS) is 16.8. The first kappa shape index (κ1) is 17.5. The van der Waals surface area contributed by atoms with Crippen molar-refractivity contribution in [2.24, 2.45) is 5.92 Å². The van der Waals surface area contributed by atoms with E-state index in [4.69, 9.17) is 9.47 Å². The molecule has 1 aromatic rings. The van der Waals surface area contributed by atoms with Gasteiger partial charge >= 0.3 is 58.4 Å². The molecule has 1 aromatic heterocycles. The third-order valence-electron chi connectivity index (χ3n) is 2.94. The fourth-order valence-electron chi connectivity index (χ4n) is 1.82. The summed E-state index contributed by atoms with van der Waals surface area (Å²) in [5.41, 5.74) is -0.723. The van der Waals surface area contributed by atoms with Gasteiger partial charge in [-0.15, -0.1) is 0 Å². The van der Waals surface area contributed by atoms with Crippen molar-refractivity contribution in [1.29, 1.82) is 0 Å². The van der Waals surface area contributed by atoms with E-state index in [1.807, 2.05) is 0 Å². The van der Waals surface area contributed by atoms with Gasteiger partial charge in [0.1, 0.15) is 5.75 Å². The van der Waals surface area contributed by atoms with Gasteiger partial charge in [-0.1, -0.05) is 5.46 Å². The summed E-state index contributed by atoms with van der Waals surface area (Å²) in [5, 5.41) is 0. The van der Waals surface area contributed by atoms with Crippen LogP contribution in [0.15, 0.2) is 18.5 Å². The Morgan fingerprint density at radius 1 is 1.26 bits per heavy atom. The van der Waals surface area contributed by atoms with Crippen LogP contribution in [0.1, 0.15) is 12.8 Å². The number of nitrogens with zero attached hydrogens (tertiary/aromatic N) is 1. The van der Waals surface area contributed by atoms with E-state index in [-0.39, 0.29) is 57.1 Å². The number of pyridine rings is 1. The Balaban J connectivity index is 0.00000180. The van der Waals surface area contributed by atoms with Gasteiger partial charge in [-0.05, 0) is 24.8 Å². The van der Waals surface area contributed by atoms with Gasteiger partial charge in [-0.2, -0.15) is 0 Å². The predicted octanol–water partition coefficient (Wildman–Crippen LogP) is -1.05. The molecule has 100 valence electrons. The molecule has 8 heteroatoms. The molecule has 1 aliphatic heterocycles. The summed E-state index contributed by atoms with van der Waals surface area (Å²) in [7, 11) is 0. The Morgan fingerprint density at radius 3 is 2.58 bits per heavy atom. The van der Waals surface area contributed by atoms with Crippen molar-refractivity contribution in [3.63, 3.8) is 0 Å². The summed E-state index contributed by atoms with van der Waals surface area (Å²) >= 11 is 0. The van der Waals surface area contributed by atoms with E-state index in [0.717, 1.165) is 25.1 Å². The smallest absolute Gasteiger partial charge is 0.492 e. The molecule has 3 nitrogen and oxygen atoms in total. The molecule has 2 rings (SSSR count). The summed E-state index contributed by atoms with van der Waals surface area (Å²) in [6.07, 6.45) is 3.90. The van der Waals surface area contributed by atoms with Crippen LogP contribution in [0.5, 0.6) is 5.75 Å². The Labute approximate surface area is 152 Å². The largest absolute Gasteiger partial charge is 1.00 e. The summed E-state index contributed by atoms with van der Waals surface area (Å²) in [5.74, 6) is 0.525. The maximum Gasteiger partial charge on any atom is 1.00 e. The molecule has 1 fully saturated rings. The minimum absolute atomic E-state index is 0. The molecule has 1 aliphatic rings. The number of ether oxygens (including phenoxy) is 2. The van der Waals surface area contributed by atoms with Crippen molar-refractivity contribution < 1.29 is 73.8 Å². The topological polar surface area (TPSA) is 31.4 Å². The molecule has 1 saturated heterocycles. The van der Waals surface area contributed by atoms with E-state index in [0.29, 0.717) is 25.7 Å². The monoisotopic (exact) mass is 299 g/mol. The van der Waals surface area contributed by atoms with Crippen molar-refractivity contribution in [1.82, 2.24) is 4.98 Å². The second kappa shape index (κ2) is 7.99. The Bertz CT molecular complexity index is 400. The van der Waals surface area contributed by atoms with Crippen molar-refractivity contribution >= 4 is 12.4 Å². The van der Waals surface area contributed by atoms with Gasteiger partial charge in [0.05, 0.1) is 12.8 Å². The number of rotatable bonds is 4. The van der Waals surface area contributed by atoms with Gasteiger partial charge in [0.25, 0.3) is 0 Å². The Kier molecular flexibility index (Phi) is 7.34. The number of halogens is 3. The number of aromatic nitrogens is 1. The molecule has 0 N–H and O–H groups in total. The first-order valence-electron chi connectivity index (χ1n) is 5.91. The Morgan fingerprint density at radius 2 is 1.95 bits per heavy atom. The zero-order chi connectivity index (χ0) is 13.0. The quantitative estimate of drug-likeness (QED) is 0.665. The van der Waals surface area contributed by atoms with Crippen LogP contribution in [0.3, 0.4) is 0 Å². The Hall–Kier alpha value is 0.401. The average Bonchev–Trinajstić information content (AvgIpc) is 2.37. The third-order valence-corrected chi connectivity index (χ3v) is 2.94. The summed E-state index contributed by atoms with van der Waals surface area (Å²) < 4.78 is 48.1. The van der Waals surface area contributed by atoms with Crippen LogP contribution >= 0.6 is 0 Å². The van der Waals surface area contributed by atoms with Crippen LogP contribution in [0.25, 0.3) is 0 Å². The van der Waals surface area contributed by atoms with E-state index in [1.54, 1.807) is 0 Å². The van der Waals surface area contributed by atoms with Crippen molar-refractivity contribution in [3.8, 4) is 5.75 Å². The minimum atomic E-state index is -5.02. The molecule has 0 unspecified atom stereocenters. The second-order valence-electron chi connectivity index (χ2n) is 4.40. The predicted molar refractivity (Wildman–Crippen MR) is 62.0 cm³/mol. The first-order chi connectivity index (χ1) is 8.55. The number of hydrogen-bond acceptors (Lipinski definition) is 3. The zero-order valence-electron chi connectivity index (χ0n) is 10.8. The zero-order valence-corrected chi connectivity index (χ0v) is 13.9.